The third-order valence-corrected chi connectivity index (χ3v) is 5.05. The molecular weight excluding hydrogens is 453 g/mol. The number of amides is 2. The second kappa shape index (κ2) is 8.25. The van der Waals surface area contributed by atoms with Crippen molar-refractivity contribution in [2.24, 2.45) is 0 Å². The molecule has 2 rings (SSSR count). The molecule has 2 saturated heterocycles. The number of hydrogen-bond acceptors (Lipinski definition) is 5. The van der Waals surface area contributed by atoms with E-state index in [-0.39, 0.29) is 48.4 Å². The molecule has 2 amide bonds. The van der Waals surface area contributed by atoms with Crippen LogP contribution in [0.3, 0.4) is 0 Å². The maximum atomic E-state index is 13.6. The Balaban J connectivity index is 2.00. The Morgan fingerprint density at radius 2 is 1.75 bits per heavy atom. The predicted octanol–water partition coefficient (Wildman–Crippen LogP) is 0.751. The predicted molar refractivity (Wildman–Crippen MR) is 88.2 cm³/mol. The summed E-state index contributed by atoms with van der Waals surface area (Å²) in [5, 5.41) is 9.19. The minimum Gasteiger partial charge on any atom is -0.459 e. The summed E-state index contributed by atoms with van der Waals surface area (Å²) in [6.45, 7) is -0.0174. The first-order valence-corrected chi connectivity index (χ1v) is 9.60. The molecule has 0 bridgehead atoms. The number of hydrogen-bond donors (Lipinski definition) is 0. The number of likely N-dealkylation sites (tertiary alicyclic amines) is 2. The van der Waals surface area contributed by atoms with Gasteiger partial charge in [-0.1, -0.05) is 31.9 Å². The molecule has 10 heteroatoms. The topological polar surface area (TPSA) is 90.7 Å². The van der Waals surface area contributed by atoms with E-state index in [9.17, 15) is 18.8 Å². The van der Waals surface area contributed by atoms with Crippen LogP contribution in [0.15, 0.2) is 0 Å². The molecule has 0 radical (unpaired) electrons. The smallest absolute Gasteiger partial charge is 0.329 e. The summed E-state index contributed by atoms with van der Waals surface area (Å²) < 4.78 is 19.0. The van der Waals surface area contributed by atoms with Crippen molar-refractivity contribution >= 4 is 49.6 Å². The van der Waals surface area contributed by atoms with E-state index in [1.165, 1.54) is 9.80 Å². The molecule has 0 unspecified atom stereocenters. The normalized spacial score (nSPS) is 29.4. The number of nitriles is 1. The lowest BCUT2D eigenvalue weighted by atomic mass is 10.2. The lowest BCUT2D eigenvalue weighted by molar-refractivity contribution is -0.157. The minimum atomic E-state index is -1.27. The molecule has 7 nitrogen and oxygen atoms in total. The maximum absolute atomic E-state index is 13.6. The van der Waals surface area contributed by atoms with Gasteiger partial charge in [0.05, 0.1) is 29.8 Å². The second-order valence-corrected chi connectivity index (χ2v) is 6.77. The Morgan fingerprint density at radius 3 is 2.33 bits per heavy atom. The third-order valence-electron chi connectivity index (χ3n) is 4.09. The third kappa shape index (κ3) is 4.06. The van der Waals surface area contributed by atoms with E-state index in [0.29, 0.717) is 0 Å². The molecule has 24 heavy (non-hydrogen) atoms. The number of alkyl halides is 3. The number of halogens is 3. The molecule has 0 spiro atoms. The number of carbonyl (C=O) groups is 3. The number of carbonyl (C=O) groups excluding carboxylic acids is 3. The summed E-state index contributed by atoms with van der Waals surface area (Å²) >= 11 is 6.05. The van der Waals surface area contributed by atoms with Crippen molar-refractivity contribution in [3.8, 4) is 6.07 Å². The van der Waals surface area contributed by atoms with Gasteiger partial charge < -0.3 is 14.5 Å². The highest BCUT2D eigenvalue weighted by atomic mass is 79.9. The lowest BCUT2D eigenvalue weighted by Crippen LogP contribution is -2.43. The zero-order valence-corrected chi connectivity index (χ0v) is 15.8. The van der Waals surface area contributed by atoms with E-state index in [2.05, 4.69) is 31.9 Å². The van der Waals surface area contributed by atoms with Crippen molar-refractivity contribution < 1.29 is 23.5 Å². The van der Waals surface area contributed by atoms with E-state index >= 15 is 0 Å². The molecule has 0 aromatic carbocycles. The molecule has 2 aliphatic heterocycles. The van der Waals surface area contributed by atoms with Crippen LogP contribution in [0.2, 0.25) is 0 Å². The summed E-state index contributed by atoms with van der Waals surface area (Å²) in [5.41, 5.74) is 0. The van der Waals surface area contributed by atoms with Gasteiger partial charge in [0.1, 0.15) is 24.4 Å². The molecule has 2 heterocycles. The van der Waals surface area contributed by atoms with Crippen LogP contribution < -0.4 is 0 Å². The zero-order valence-electron chi connectivity index (χ0n) is 12.7. The van der Waals surface area contributed by atoms with Crippen LogP contribution in [-0.2, 0) is 19.1 Å². The zero-order chi connectivity index (χ0) is 17.9. The molecule has 0 aliphatic carbocycles. The van der Waals surface area contributed by atoms with Crippen LogP contribution in [0.25, 0.3) is 0 Å². The fourth-order valence-electron chi connectivity index (χ4n) is 2.96. The highest BCUT2D eigenvalue weighted by Gasteiger charge is 2.43. The van der Waals surface area contributed by atoms with Crippen molar-refractivity contribution in [2.75, 3.05) is 23.7 Å². The standard InChI is InChI=1S/C14H16Br2FN3O4/c15-3-12(21)19-7-10(2-9(19)5-18)24-14(23)11-1-8(17)6-20(11)13(22)4-16/h8-11H,1-4,6-7H2/t8-,9-,10+,11-/m0/s1. The summed E-state index contributed by atoms with van der Waals surface area (Å²) in [5.74, 6) is -1.34. The van der Waals surface area contributed by atoms with Crippen molar-refractivity contribution in [1.82, 2.24) is 9.80 Å². The number of esters is 1. The van der Waals surface area contributed by atoms with Crippen molar-refractivity contribution in [2.45, 2.75) is 37.2 Å². The molecule has 2 aliphatic rings. The Morgan fingerprint density at radius 1 is 1.12 bits per heavy atom. The Bertz CT molecular complexity index is 571. The SMILES string of the molecule is N#C[C@@H]1C[C@@H](OC(=O)[C@@H]2C[C@H](F)CN2C(=O)CBr)CN1C(=O)CBr. The molecule has 2 fully saturated rings. The molecule has 4 atom stereocenters. The van der Waals surface area contributed by atoms with Gasteiger partial charge in [-0.2, -0.15) is 5.26 Å². The van der Waals surface area contributed by atoms with Crippen molar-refractivity contribution in [1.29, 1.82) is 5.26 Å². The summed E-state index contributed by atoms with van der Waals surface area (Å²) in [4.78, 5) is 38.4. The van der Waals surface area contributed by atoms with E-state index in [1.54, 1.807) is 0 Å². The molecular formula is C14H16Br2FN3O4. The Kier molecular flexibility index (Phi) is 6.57. The van der Waals surface area contributed by atoms with Gasteiger partial charge in [0, 0.05) is 12.8 Å². The number of ether oxygens (including phenoxy) is 1. The van der Waals surface area contributed by atoms with Crippen molar-refractivity contribution in [3.63, 3.8) is 0 Å². The Hall–Kier alpha value is -1.21. The minimum absolute atomic E-state index is 0.00301. The van der Waals surface area contributed by atoms with Gasteiger partial charge >= 0.3 is 5.97 Å². The van der Waals surface area contributed by atoms with Gasteiger partial charge in [-0.15, -0.1) is 0 Å². The average Bonchev–Trinajstić information content (AvgIpc) is 3.16. The van der Waals surface area contributed by atoms with Gasteiger partial charge in [-0.05, 0) is 0 Å². The van der Waals surface area contributed by atoms with Crippen LogP contribution >= 0.6 is 31.9 Å². The monoisotopic (exact) mass is 467 g/mol. The highest BCUT2D eigenvalue weighted by Crippen LogP contribution is 2.25. The summed E-state index contributed by atoms with van der Waals surface area (Å²) in [6, 6.07) is 0.380. The van der Waals surface area contributed by atoms with Gasteiger partial charge in [-0.25, -0.2) is 9.18 Å². The fraction of sp³-hybridized carbons (Fsp3) is 0.714. The van der Waals surface area contributed by atoms with Crippen molar-refractivity contribution in [3.05, 3.63) is 0 Å². The summed E-state index contributed by atoms with van der Waals surface area (Å²) in [6.07, 6.45) is -1.80. The first-order valence-electron chi connectivity index (χ1n) is 7.36. The molecule has 0 saturated carbocycles. The van der Waals surface area contributed by atoms with Gasteiger partial charge in [-0.3, -0.25) is 9.59 Å². The van der Waals surface area contributed by atoms with Crippen LogP contribution in [-0.4, -0.2) is 75.7 Å². The highest BCUT2D eigenvalue weighted by molar-refractivity contribution is 9.09. The lowest BCUT2D eigenvalue weighted by Gasteiger charge is -2.23. The molecule has 132 valence electrons. The quantitative estimate of drug-likeness (QED) is 0.448. The Labute approximate surface area is 155 Å². The van der Waals surface area contributed by atoms with Crippen LogP contribution in [0.1, 0.15) is 12.8 Å². The second-order valence-electron chi connectivity index (χ2n) is 5.65. The largest absolute Gasteiger partial charge is 0.459 e. The van der Waals surface area contributed by atoms with Crippen LogP contribution in [0, 0.1) is 11.3 Å². The van der Waals surface area contributed by atoms with E-state index in [1.807, 2.05) is 6.07 Å². The van der Waals surface area contributed by atoms with E-state index in [4.69, 9.17) is 10.00 Å². The van der Waals surface area contributed by atoms with Gasteiger partial charge in [0.2, 0.25) is 11.8 Å². The number of rotatable bonds is 4. The van der Waals surface area contributed by atoms with E-state index in [0.717, 1.165) is 0 Å². The maximum Gasteiger partial charge on any atom is 0.329 e. The first-order chi connectivity index (χ1) is 11.4. The van der Waals surface area contributed by atoms with Gasteiger partial charge in [0.25, 0.3) is 0 Å². The van der Waals surface area contributed by atoms with E-state index < -0.39 is 30.3 Å². The van der Waals surface area contributed by atoms with Crippen LogP contribution in [0.5, 0.6) is 0 Å². The van der Waals surface area contributed by atoms with Crippen LogP contribution in [0.4, 0.5) is 4.39 Å². The average molecular weight is 469 g/mol. The molecule has 0 N–H and O–H groups in total. The molecule has 0 aromatic heterocycles. The van der Waals surface area contributed by atoms with Gasteiger partial charge in [0.15, 0.2) is 0 Å². The molecule has 0 aromatic rings. The fourth-order valence-corrected chi connectivity index (χ4v) is 3.61. The first kappa shape index (κ1) is 19.1. The summed E-state index contributed by atoms with van der Waals surface area (Å²) in [7, 11) is 0. The number of nitrogens with zero attached hydrogens (tertiary/aromatic N) is 3.